The lowest BCUT2D eigenvalue weighted by Crippen LogP contribution is -2.36. The highest BCUT2D eigenvalue weighted by atomic mass is 16.5. The SMILES string of the molecule is CCCCCCCCCCOCC(O)C(CO)OCCCCCCCC. The Balaban J connectivity index is 3.47. The van der Waals surface area contributed by atoms with Crippen LogP contribution in [0.4, 0.5) is 0 Å². The molecule has 0 aliphatic heterocycles. The average Bonchev–Trinajstić information content (AvgIpc) is 2.65. The summed E-state index contributed by atoms with van der Waals surface area (Å²) in [5.74, 6) is 0. The van der Waals surface area contributed by atoms with E-state index < -0.39 is 12.2 Å². The molecule has 0 heterocycles. The molecule has 0 aliphatic carbocycles. The Morgan fingerprint density at radius 3 is 1.62 bits per heavy atom. The van der Waals surface area contributed by atoms with Crippen LogP contribution in [0.1, 0.15) is 104 Å². The van der Waals surface area contributed by atoms with Gasteiger partial charge in [-0.3, -0.25) is 0 Å². The minimum absolute atomic E-state index is 0.155. The molecule has 26 heavy (non-hydrogen) atoms. The summed E-state index contributed by atoms with van der Waals surface area (Å²) < 4.78 is 11.2. The highest BCUT2D eigenvalue weighted by Crippen LogP contribution is 2.09. The maximum atomic E-state index is 10.1. The summed E-state index contributed by atoms with van der Waals surface area (Å²) in [6, 6.07) is 0. The van der Waals surface area contributed by atoms with Gasteiger partial charge in [-0.1, -0.05) is 90.9 Å². The van der Waals surface area contributed by atoms with Gasteiger partial charge in [0.25, 0.3) is 0 Å². The van der Waals surface area contributed by atoms with E-state index in [9.17, 15) is 10.2 Å². The van der Waals surface area contributed by atoms with Crippen molar-refractivity contribution in [3.8, 4) is 0 Å². The Bertz CT molecular complexity index is 261. The Hall–Kier alpha value is -0.160. The molecule has 0 saturated carbocycles. The van der Waals surface area contributed by atoms with E-state index in [0.717, 1.165) is 19.3 Å². The molecule has 2 N–H and O–H groups in total. The number of aliphatic hydroxyl groups is 2. The van der Waals surface area contributed by atoms with Crippen LogP contribution in [0.15, 0.2) is 0 Å². The maximum Gasteiger partial charge on any atom is 0.109 e. The first-order chi connectivity index (χ1) is 12.8. The fourth-order valence-corrected chi connectivity index (χ4v) is 3.05. The number of hydrogen-bond acceptors (Lipinski definition) is 4. The fraction of sp³-hybridized carbons (Fsp3) is 1.00. The monoisotopic (exact) mass is 374 g/mol. The molecular formula is C22H46O4. The Labute approximate surface area is 162 Å². The van der Waals surface area contributed by atoms with Gasteiger partial charge in [0.1, 0.15) is 12.2 Å². The van der Waals surface area contributed by atoms with E-state index in [1.807, 2.05) is 0 Å². The maximum absolute atomic E-state index is 10.1. The van der Waals surface area contributed by atoms with Gasteiger partial charge in [0, 0.05) is 13.2 Å². The second-order valence-corrected chi connectivity index (χ2v) is 7.48. The number of rotatable bonds is 21. The van der Waals surface area contributed by atoms with Crippen molar-refractivity contribution < 1.29 is 19.7 Å². The van der Waals surface area contributed by atoms with Gasteiger partial charge >= 0.3 is 0 Å². The summed E-state index contributed by atoms with van der Waals surface area (Å²) in [6.45, 7) is 5.84. The van der Waals surface area contributed by atoms with Crippen LogP contribution >= 0.6 is 0 Å². The van der Waals surface area contributed by atoms with Crippen LogP contribution < -0.4 is 0 Å². The predicted octanol–water partition coefficient (Wildman–Crippen LogP) is 5.24. The smallest absolute Gasteiger partial charge is 0.109 e. The van der Waals surface area contributed by atoms with Crippen molar-refractivity contribution in [2.45, 2.75) is 116 Å². The van der Waals surface area contributed by atoms with Crippen LogP contribution in [-0.4, -0.2) is 48.8 Å². The van der Waals surface area contributed by atoms with Gasteiger partial charge in [-0.25, -0.2) is 0 Å². The molecule has 158 valence electrons. The lowest BCUT2D eigenvalue weighted by molar-refractivity contribution is -0.0914. The van der Waals surface area contributed by atoms with Gasteiger partial charge in [0.2, 0.25) is 0 Å². The molecule has 0 saturated heterocycles. The first kappa shape index (κ1) is 25.8. The lowest BCUT2D eigenvalue weighted by atomic mass is 10.1. The normalized spacial score (nSPS) is 13.8. The van der Waals surface area contributed by atoms with Crippen molar-refractivity contribution in [3.63, 3.8) is 0 Å². The number of unbranched alkanes of at least 4 members (excludes halogenated alkanes) is 12. The standard InChI is InChI=1S/C22H46O4/c1-3-5-7-9-11-12-13-15-17-25-20-21(24)22(19-23)26-18-16-14-10-8-6-4-2/h21-24H,3-20H2,1-2H3. The fourth-order valence-electron chi connectivity index (χ4n) is 3.05. The Morgan fingerprint density at radius 2 is 1.12 bits per heavy atom. The second kappa shape index (κ2) is 21.1. The number of aliphatic hydroxyl groups excluding tert-OH is 2. The van der Waals surface area contributed by atoms with Crippen molar-refractivity contribution in [2.24, 2.45) is 0 Å². The molecule has 0 amide bonds. The molecule has 0 bridgehead atoms. The zero-order valence-corrected chi connectivity index (χ0v) is 17.6. The van der Waals surface area contributed by atoms with Crippen LogP contribution in [0.5, 0.6) is 0 Å². The van der Waals surface area contributed by atoms with Crippen LogP contribution in [0.2, 0.25) is 0 Å². The van der Waals surface area contributed by atoms with Crippen molar-refractivity contribution in [3.05, 3.63) is 0 Å². The molecule has 0 aliphatic rings. The zero-order chi connectivity index (χ0) is 19.3. The van der Waals surface area contributed by atoms with Gasteiger partial charge in [0.05, 0.1) is 13.2 Å². The molecule has 2 atom stereocenters. The van der Waals surface area contributed by atoms with Crippen molar-refractivity contribution in [2.75, 3.05) is 26.4 Å². The third kappa shape index (κ3) is 17.3. The van der Waals surface area contributed by atoms with E-state index in [4.69, 9.17) is 9.47 Å². The van der Waals surface area contributed by atoms with Crippen LogP contribution in [0.3, 0.4) is 0 Å². The van der Waals surface area contributed by atoms with E-state index in [-0.39, 0.29) is 13.2 Å². The molecule has 0 spiro atoms. The topological polar surface area (TPSA) is 58.9 Å². The Morgan fingerprint density at radius 1 is 0.654 bits per heavy atom. The molecule has 0 aromatic rings. The van der Waals surface area contributed by atoms with Crippen molar-refractivity contribution >= 4 is 0 Å². The molecule has 0 aromatic carbocycles. The summed E-state index contributed by atoms with van der Waals surface area (Å²) in [7, 11) is 0. The van der Waals surface area contributed by atoms with Gasteiger partial charge in [-0.15, -0.1) is 0 Å². The summed E-state index contributed by atoms with van der Waals surface area (Å²) >= 11 is 0. The number of ether oxygens (including phenoxy) is 2. The third-order valence-electron chi connectivity index (χ3n) is 4.87. The molecule has 0 aromatic heterocycles. The minimum atomic E-state index is -0.742. The highest BCUT2D eigenvalue weighted by molar-refractivity contribution is 4.67. The van der Waals surface area contributed by atoms with Gasteiger partial charge in [-0.2, -0.15) is 0 Å². The van der Waals surface area contributed by atoms with E-state index in [1.165, 1.54) is 70.6 Å². The largest absolute Gasteiger partial charge is 0.394 e. The van der Waals surface area contributed by atoms with E-state index in [0.29, 0.717) is 13.2 Å². The zero-order valence-electron chi connectivity index (χ0n) is 17.6. The molecule has 0 rings (SSSR count). The van der Waals surface area contributed by atoms with Crippen LogP contribution in [0, 0.1) is 0 Å². The molecular weight excluding hydrogens is 328 g/mol. The minimum Gasteiger partial charge on any atom is -0.394 e. The average molecular weight is 375 g/mol. The van der Waals surface area contributed by atoms with Crippen LogP contribution in [-0.2, 0) is 9.47 Å². The van der Waals surface area contributed by atoms with Gasteiger partial charge in [-0.05, 0) is 12.8 Å². The molecule has 0 fully saturated rings. The van der Waals surface area contributed by atoms with E-state index in [1.54, 1.807) is 0 Å². The summed E-state index contributed by atoms with van der Waals surface area (Å²) in [4.78, 5) is 0. The molecule has 4 nitrogen and oxygen atoms in total. The number of hydrogen-bond donors (Lipinski definition) is 2. The Kier molecular flexibility index (Phi) is 21.0. The van der Waals surface area contributed by atoms with Gasteiger partial charge < -0.3 is 19.7 Å². The second-order valence-electron chi connectivity index (χ2n) is 7.48. The van der Waals surface area contributed by atoms with Crippen LogP contribution in [0.25, 0.3) is 0 Å². The summed E-state index contributed by atoms with van der Waals surface area (Å²) in [6.07, 6.45) is 16.2. The summed E-state index contributed by atoms with van der Waals surface area (Å²) in [5, 5.41) is 19.5. The quantitative estimate of drug-likeness (QED) is 0.270. The third-order valence-corrected chi connectivity index (χ3v) is 4.87. The first-order valence-electron chi connectivity index (χ1n) is 11.2. The van der Waals surface area contributed by atoms with Crippen molar-refractivity contribution in [1.82, 2.24) is 0 Å². The summed E-state index contributed by atoms with van der Waals surface area (Å²) in [5.41, 5.74) is 0. The first-order valence-corrected chi connectivity index (χ1v) is 11.2. The van der Waals surface area contributed by atoms with E-state index >= 15 is 0 Å². The lowest BCUT2D eigenvalue weighted by Gasteiger charge is -2.21. The molecule has 2 unspecified atom stereocenters. The van der Waals surface area contributed by atoms with Crippen molar-refractivity contribution in [1.29, 1.82) is 0 Å². The predicted molar refractivity (Wildman–Crippen MR) is 110 cm³/mol. The van der Waals surface area contributed by atoms with Gasteiger partial charge in [0.15, 0.2) is 0 Å². The molecule has 4 heteroatoms. The van der Waals surface area contributed by atoms with E-state index in [2.05, 4.69) is 13.8 Å². The highest BCUT2D eigenvalue weighted by Gasteiger charge is 2.19. The molecule has 0 radical (unpaired) electrons.